The molecule has 1 aliphatic rings. The molecule has 0 unspecified atom stereocenters. The molecule has 30 heavy (non-hydrogen) atoms. The fraction of sp³-hybridized carbons (Fsp3) is 0.250. The second-order valence-corrected chi connectivity index (χ2v) is 9.62. The monoisotopic (exact) mass is 433 g/mol. The number of thiazole rings is 1. The smallest absolute Gasteiger partial charge is 0.234 e. The number of fused-ring (bicyclic) bond motifs is 1. The van der Waals surface area contributed by atoms with Crippen LogP contribution in [0.25, 0.3) is 10.2 Å². The largest absolute Gasteiger partial charge is 0.343 e. The first-order valence-electron chi connectivity index (χ1n) is 10.2. The lowest BCUT2D eigenvalue weighted by atomic mass is 10.1. The zero-order chi connectivity index (χ0) is 20.3. The van der Waals surface area contributed by atoms with Crippen LogP contribution in [0.3, 0.4) is 0 Å². The van der Waals surface area contributed by atoms with E-state index in [1.807, 2.05) is 30.3 Å². The van der Waals surface area contributed by atoms with Gasteiger partial charge in [0.2, 0.25) is 5.91 Å². The summed E-state index contributed by atoms with van der Waals surface area (Å²) in [6.45, 7) is 1.33. The van der Waals surface area contributed by atoms with Crippen LogP contribution in [-0.4, -0.2) is 28.9 Å². The molecule has 0 aliphatic carbocycles. The van der Waals surface area contributed by atoms with Crippen molar-refractivity contribution < 1.29 is 4.79 Å². The molecule has 2 atom stereocenters. The molecule has 0 bridgehead atoms. The van der Waals surface area contributed by atoms with Crippen molar-refractivity contribution in [3.05, 3.63) is 87.6 Å². The second-order valence-electron chi connectivity index (χ2n) is 7.57. The van der Waals surface area contributed by atoms with Gasteiger partial charge in [-0.25, -0.2) is 4.98 Å². The van der Waals surface area contributed by atoms with Gasteiger partial charge in [-0.05, 0) is 48.5 Å². The van der Waals surface area contributed by atoms with E-state index in [0.717, 1.165) is 40.4 Å². The summed E-state index contributed by atoms with van der Waals surface area (Å²) >= 11 is 3.43. The van der Waals surface area contributed by atoms with Crippen LogP contribution >= 0.6 is 22.7 Å². The molecule has 2 aromatic heterocycles. The van der Waals surface area contributed by atoms with Crippen LogP contribution in [0.2, 0.25) is 0 Å². The van der Waals surface area contributed by atoms with Gasteiger partial charge < -0.3 is 5.32 Å². The predicted molar refractivity (Wildman–Crippen MR) is 124 cm³/mol. The Bertz CT molecular complexity index is 1090. The molecule has 0 radical (unpaired) electrons. The van der Waals surface area contributed by atoms with Crippen molar-refractivity contribution >= 4 is 38.8 Å². The van der Waals surface area contributed by atoms with Crippen molar-refractivity contribution in [2.75, 3.05) is 13.1 Å². The van der Waals surface area contributed by atoms with Gasteiger partial charge in [-0.1, -0.05) is 48.5 Å². The molecule has 152 valence electrons. The quantitative estimate of drug-likeness (QED) is 0.443. The molecule has 3 heterocycles. The summed E-state index contributed by atoms with van der Waals surface area (Å²) < 4.78 is 1.21. The lowest BCUT2D eigenvalue weighted by molar-refractivity contribution is -0.123. The summed E-state index contributed by atoms with van der Waals surface area (Å²) in [5.74, 6) is 0.0604. The molecule has 0 saturated carbocycles. The van der Waals surface area contributed by atoms with Gasteiger partial charge in [0.05, 0.1) is 28.8 Å². The van der Waals surface area contributed by atoms with Crippen LogP contribution in [0.1, 0.15) is 40.4 Å². The zero-order valence-electron chi connectivity index (χ0n) is 16.5. The third kappa shape index (κ3) is 4.03. The molecule has 1 amide bonds. The number of rotatable bonds is 6. The number of nitrogens with one attached hydrogen (secondary N) is 1. The minimum Gasteiger partial charge on any atom is -0.343 e. The standard InChI is InChI=1S/C24H23N3OS2/c28-22(26-23(21-13-7-15-29-21)17-8-2-1-3-9-17)16-27-14-6-11-19(27)24-25-18-10-4-5-12-20(18)30-24/h1-5,7-10,12-13,15,19,23H,6,11,14,16H2,(H,26,28)/t19-,23+/m1/s1. The lowest BCUT2D eigenvalue weighted by Gasteiger charge is -2.24. The molecule has 6 heteroatoms. The Labute approximate surface area is 184 Å². The van der Waals surface area contributed by atoms with E-state index in [4.69, 9.17) is 4.98 Å². The van der Waals surface area contributed by atoms with Crippen molar-refractivity contribution in [2.24, 2.45) is 0 Å². The van der Waals surface area contributed by atoms with Gasteiger partial charge >= 0.3 is 0 Å². The molecule has 5 rings (SSSR count). The fourth-order valence-electron chi connectivity index (χ4n) is 4.14. The van der Waals surface area contributed by atoms with Gasteiger partial charge in [-0.15, -0.1) is 22.7 Å². The zero-order valence-corrected chi connectivity index (χ0v) is 18.2. The van der Waals surface area contributed by atoms with E-state index in [9.17, 15) is 4.79 Å². The molecule has 1 N–H and O–H groups in total. The van der Waals surface area contributed by atoms with E-state index in [2.05, 4.69) is 52.0 Å². The first-order valence-corrected chi connectivity index (χ1v) is 11.9. The highest BCUT2D eigenvalue weighted by atomic mass is 32.1. The van der Waals surface area contributed by atoms with E-state index in [1.165, 1.54) is 4.70 Å². The SMILES string of the molecule is O=C(CN1CCC[C@@H]1c1nc2ccccc2s1)N[C@@H](c1ccccc1)c1cccs1. The maximum atomic E-state index is 13.1. The van der Waals surface area contributed by atoms with Gasteiger partial charge in [0, 0.05) is 4.88 Å². The number of carbonyl (C=O) groups excluding carboxylic acids is 1. The topological polar surface area (TPSA) is 45.2 Å². The number of aromatic nitrogens is 1. The Morgan fingerprint density at radius 1 is 1.10 bits per heavy atom. The lowest BCUT2D eigenvalue weighted by Crippen LogP contribution is -2.38. The first-order chi connectivity index (χ1) is 14.8. The molecule has 1 saturated heterocycles. The highest BCUT2D eigenvalue weighted by molar-refractivity contribution is 7.18. The van der Waals surface area contributed by atoms with Crippen LogP contribution in [-0.2, 0) is 4.79 Å². The molecule has 4 nitrogen and oxygen atoms in total. The van der Waals surface area contributed by atoms with E-state index in [-0.39, 0.29) is 18.0 Å². The van der Waals surface area contributed by atoms with E-state index < -0.39 is 0 Å². The molecule has 0 spiro atoms. The summed E-state index contributed by atoms with van der Waals surface area (Å²) in [7, 11) is 0. The number of hydrogen-bond donors (Lipinski definition) is 1. The minimum absolute atomic E-state index is 0.0604. The van der Waals surface area contributed by atoms with Crippen LogP contribution in [0.4, 0.5) is 0 Å². The molecule has 1 aliphatic heterocycles. The van der Waals surface area contributed by atoms with Gasteiger partial charge in [0.15, 0.2) is 0 Å². The number of likely N-dealkylation sites (tertiary alicyclic amines) is 1. The Balaban J connectivity index is 1.32. The van der Waals surface area contributed by atoms with Gasteiger partial charge in [-0.2, -0.15) is 0 Å². The maximum Gasteiger partial charge on any atom is 0.234 e. The Morgan fingerprint density at radius 3 is 2.73 bits per heavy atom. The van der Waals surface area contributed by atoms with E-state index >= 15 is 0 Å². The average molecular weight is 434 g/mol. The molecule has 2 aromatic carbocycles. The average Bonchev–Trinajstić information content (AvgIpc) is 3.52. The Kier molecular flexibility index (Phi) is 5.62. The Morgan fingerprint density at radius 2 is 1.93 bits per heavy atom. The van der Waals surface area contributed by atoms with Crippen LogP contribution < -0.4 is 5.32 Å². The fourth-order valence-corrected chi connectivity index (χ4v) is 6.08. The number of hydrogen-bond acceptors (Lipinski definition) is 5. The normalized spacial score (nSPS) is 17.9. The van der Waals surface area contributed by atoms with E-state index in [1.54, 1.807) is 22.7 Å². The summed E-state index contributed by atoms with van der Waals surface area (Å²) in [5, 5.41) is 6.46. The number of para-hydroxylation sites is 1. The van der Waals surface area contributed by atoms with Crippen LogP contribution in [0, 0.1) is 0 Å². The number of carbonyl (C=O) groups is 1. The summed E-state index contributed by atoms with van der Waals surface area (Å²) in [6.07, 6.45) is 2.15. The van der Waals surface area contributed by atoms with Crippen LogP contribution in [0.15, 0.2) is 72.1 Å². The number of thiophene rings is 1. The highest BCUT2D eigenvalue weighted by Gasteiger charge is 2.30. The molecule has 4 aromatic rings. The third-order valence-electron chi connectivity index (χ3n) is 5.57. The molecular weight excluding hydrogens is 410 g/mol. The minimum atomic E-state index is -0.109. The van der Waals surface area contributed by atoms with Crippen LogP contribution in [0.5, 0.6) is 0 Å². The van der Waals surface area contributed by atoms with E-state index in [0.29, 0.717) is 6.54 Å². The third-order valence-corrected chi connectivity index (χ3v) is 7.65. The summed E-state index contributed by atoms with van der Waals surface area (Å²) in [4.78, 5) is 21.3. The number of nitrogens with zero attached hydrogens (tertiary/aromatic N) is 2. The maximum absolute atomic E-state index is 13.1. The predicted octanol–water partition coefficient (Wildman–Crippen LogP) is 5.40. The summed E-state index contributed by atoms with van der Waals surface area (Å²) in [6, 6.07) is 22.7. The van der Waals surface area contributed by atoms with Crippen molar-refractivity contribution in [3.63, 3.8) is 0 Å². The van der Waals surface area contributed by atoms with Crippen molar-refractivity contribution in [1.29, 1.82) is 0 Å². The Hall–Kier alpha value is -2.54. The summed E-state index contributed by atoms with van der Waals surface area (Å²) in [5.41, 5.74) is 2.16. The van der Waals surface area contributed by atoms with Gasteiger partial charge in [0.25, 0.3) is 0 Å². The van der Waals surface area contributed by atoms with Crippen molar-refractivity contribution in [1.82, 2.24) is 15.2 Å². The number of amides is 1. The molecule has 1 fully saturated rings. The second kappa shape index (κ2) is 8.68. The molecular formula is C24H23N3OS2. The first kappa shape index (κ1) is 19.4. The van der Waals surface area contributed by atoms with Crippen molar-refractivity contribution in [2.45, 2.75) is 24.9 Å². The van der Waals surface area contributed by atoms with Crippen molar-refractivity contribution in [3.8, 4) is 0 Å². The van der Waals surface area contributed by atoms with Gasteiger partial charge in [-0.3, -0.25) is 9.69 Å². The number of benzene rings is 2. The van der Waals surface area contributed by atoms with Gasteiger partial charge in [0.1, 0.15) is 5.01 Å². The highest BCUT2D eigenvalue weighted by Crippen LogP contribution is 2.36.